The minimum Gasteiger partial charge on any atom is -0.326 e. The molecule has 19 heavy (non-hydrogen) atoms. The molecule has 0 saturated heterocycles. The van der Waals surface area contributed by atoms with Gasteiger partial charge in [0.15, 0.2) is 5.43 Å². The first-order valence-corrected chi connectivity index (χ1v) is 6.70. The van der Waals surface area contributed by atoms with Gasteiger partial charge in [-0.25, -0.2) is 0 Å². The van der Waals surface area contributed by atoms with E-state index in [2.05, 4.69) is 5.32 Å². The lowest BCUT2D eigenvalue weighted by molar-refractivity contribution is -0.114. The molecule has 0 bridgehead atoms. The fourth-order valence-corrected chi connectivity index (χ4v) is 3.19. The van der Waals surface area contributed by atoms with Crippen molar-refractivity contribution < 1.29 is 4.79 Å². The molecule has 94 valence electrons. The zero-order chi connectivity index (χ0) is 13.4. The summed E-state index contributed by atoms with van der Waals surface area (Å²) in [5, 5.41) is 4.17. The van der Waals surface area contributed by atoms with Crippen LogP contribution in [0.2, 0.25) is 0 Å². The zero-order valence-corrected chi connectivity index (χ0v) is 11.1. The van der Waals surface area contributed by atoms with E-state index in [1.807, 2.05) is 30.3 Å². The lowest BCUT2D eigenvalue weighted by Crippen LogP contribution is -2.06. The van der Waals surface area contributed by atoms with E-state index in [1.165, 1.54) is 6.92 Å². The predicted molar refractivity (Wildman–Crippen MR) is 79.9 cm³/mol. The second-order valence-electron chi connectivity index (χ2n) is 4.32. The maximum absolute atomic E-state index is 12.3. The van der Waals surface area contributed by atoms with Crippen LogP contribution in [0.3, 0.4) is 0 Å². The molecule has 0 aliphatic rings. The van der Waals surface area contributed by atoms with E-state index in [9.17, 15) is 9.59 Å². The first kappa shape index (κ1) is 11.9. The summed E-state index contributed by atoms with van der Waals surface area (Å²) in [5.41, 5.74) is 0.754. The molecule has 4 heteroatoms. The Bertz CT molecular complexity index is 852. The highest BCUT2D eigenvalue weighted by Gasteiger charge is 2.06. The van der Waals surface area contributed by atoms with Crippen molar-refractivity contribution >= 4 is 43.1 Å². The van der Waals surface area contributed by atoms with Gasteiger partial charge in [-0.05, 0) is 30.3 Å². The van der Waals surface area contributed by atoms with Crippen molar-refractivity contribution in [3.05, 3.63) is 52.7 Å². The van der Waals surface area contributed by atoms with Crippen molar-refractivity contribution in [2.45, 2.75) is 6.92 Å². The predicted octanol–water partition coefficient (Wildman–Crippen LogP) is 3.37. The van der Waals surface area contributed by atoms with Gasteiger partial charge in [0.25, 0.3) is 0 Å². The van der Waals surface area contributed by atoms with Crippen LogP contribution in [0.25, 0.3) is 20.2 Å². The highest BCUT2D eigenvalue weighted by Crippen LogP contribution is 2.26. The van der Waals surface area contributed by atoms with Gasteiger partial charge in [0.05, 0.1) is 0 Å². The Labute approximate surface area is 113 Å². The van der Waals surface area contributed by atoms with Crippen LogP contribution < -0.4 is 10.7 Å². The van der Waals surface area contributed by atoms with Crippen molar-refractivity contribution in [3.8, 4) is 0 Å². The molecule has 3 rings (SSSR count). The van der Waals surface area contributed by atoms with Crippen LogP contribution in [0.5, 0.6) is 0 Å². The molecule has 0 saturated carbocycles. The molecule has 2 aromatic carbocycles. The van der Waals surface area contributed by atoms with E-state index < -0.39 is 0 Å². The third-order valence-corrected chi connectivity index (χ3v) is 4.03. The molecule has 1 aromatic heterocycles. The van der Waals surface area contributed by atoms with Crippen LogP contribution in [0.15, 0.2) is 47.3 Å². The Kier molecular flexibility index (Phi) is 2.80. The molecule has 0 radical (unpaired) electrons. The summed E-state index contributed by atoms with van der Waals surface area (Å²) in [6.07, 6.45) is 0. The molecular formula is C15H11NO2S. The Balaban J connectivity index is 2.32. The molecule has 1 N–H and O–H groups in total. The van der Waals surface area contributed by atoms with E-state index in [0.717, 1.165) is 14.8 Å². The monoisotopic (exact) mass is 269 g/mol. The second-order valence-corrected chi connectivity index (χ2v) is 5.40. The van der Waals surface area contributed by atoms with Gasteiger partial charge in [-0.15, -0.1) is 11.3 Å². The van der Waals surface area contributed by atoms with Crippen molar-refractivity contribution in [1.29, 1.82) is 0 Å². The molecule has 1 heterocycles. The molecule has 3 aromatic rings. The number of anilines is 1. The summed E-state index contributed by atoms with van der Waals surface area (Å²) in [6, 6.07) is 12.9. The van der Waals surface area contributed by atoms with Gasteiger partial charge in [-0.3, -0.25) is 9.59 Å². The number of carbonyl (C=O) groups is 1. The number of benzene rings is 2. The normalized spacial score (nSPS) is 10.8. The molecule has 0 unspecified atom stereocenters. The van der Waals surface area contributed by atoms with Gasteiger partial charge < -0.3 is 5.32 Å². The number of rotatable bonds is 1. The highest BCUT2D eigenvalue weighted by atomic mass is 32.1. The lowest BCUT2D eigenvalue weighted by Gasteiger charge is -2.04. The largest absolute Gasteiger partial charge is 0.326 e. The number of carbonyl (C=O) groups excluding carboxylic acids is 1. The highest BCUT2D eigenvalue weighted by molar-refractivity contribution is 7.24. The summed E-state index contributed by atoms with van der Waals surface area (Å²) < 4.78 is 1.84. The van der Waals surface area contributed by atoms with E-state index in [1.54, 1.807) is 23.5 Å². The number of amides is 1. The molecule has 0 spiro atoms. The second kappa shape index (κ2) is 4.48. The van der Waals surface area contributed by atoms with E-state index >= 15 is 0 Å². The average Bonchev–Trinajstić information content (AvgIpc) is 2.38. The third-order valence-electron chi connectivity index (χ3n) is 2.90. The van der Waals surface area contributed by atoms with Gasteiger partial charge >= 0.3 is 0 Å². The van der Waals surface area contributed by atoms with Gasteiger partial charge in [-0.1, -0.05) is 12.1 Å². The van der Waals surface area contributed by atoms with Crippen LogP contribution in [0.4, 0.5) is 5.69 Å². The summed E-state index contributed by atoms with van der Waals surface area (Å²) in [4.78, 5) is 23.4. The molecule has 3 nitrogen and oxygen atoms in total. The van der Waals surface area contributed by atoms with Crippen molar-refractivity contribution in [2.24, 2.45) is 0 Å². The van der Waals surface area contributed by atoms with E-state index in [0.29, 0.717) is 11.1 Å². The van der Waals surface area contributed by atoms with Crippen molar-refractivity contribution in [1.82, 2.24) is 0 Å². The first-order chi connectivity index (χ1) is 9.15. The van der Waals surface area contributed by atoms with Gasteiger partial charge in [0.1, 0.15) is 0 Å². The topological polar surface area (TPSA) is 46.2 Å². The molecule has 0 aliphatic heterocycles. The van der Waals surface area contributed by atoms with Crippen LogP contribution in [0, 0.1) is 0 Å². The van der Waals surface area contributed by atoms with Gasteiger partial charge in [0.2, 0.25) is 5.91 Å². The molecule has 0 atom stereocenters. The van der Waals surface area contributed by atoms with E-state index in [4.69, 9.17) is 0 Å². The zero-order valence-electron chi connectivity index (χ0n) is 10.3. The van der Waals surface area contributed by atoms with E-state index in [-0.39, 0.29) is 11.3 Å². The third kappa shape index (κ3) is 2.11. The van der Waals surface area contributed by atoms with Gasteiger partial charge in [-0.2, -0.15) is 0 Å². The minimum atomic E-state index is -0.118. The summed E-state index contributed by atoms with van der Waals surface area (Å²) >= 11 is 1.56. The average molecular weight is 269 g/mol. The maximum Gasteiger partial charge on any atom is 0.221 e. The van der Waals surface area contributed by atoms with Crippen LogP contribution >= 0.6 is 11.3 Å². The van der Waals surface area contributed by atoms with Crippen molar-refractivity contribution in [2.75, 3.05) is 5.32 Å². The quantitative estimate of drug-likeness (QED) is 0.688. The van der Waals surface area contributed by atoms with Crippen LogP contribution in [0.1, 0.15) is 6.92 Å². The first-order valence-electron chi connectivity index (χ1n) is 5.88. The fourth-order valence-electron chi connectivity index (χ4n) is 2.08. The Morgan fingerprint density at radius 1 is 1.05 bits per heavy atom. The summed E-state index contributed by atoms with van der Waals surface area (Å²) in [5.74, 6) is -0.118. The minimum absolute atomic E-state index is 0.0405. The Morgan fingerprint density at radius 2 is 1.79 bits per heavy atom. The lowest BCUT2D eigenvalue weighted by atomic mass is 10.2. The molecule has 1 amide bonds. The number of hydrogen-bond donors (Lipinski definition) is 1. The Morgan fingerprint density at radius 3 is 2.58 bits per heavy atom. The number of fused-ring (bicyclic) bond motifs is 2. The molecule has 0 fully saturated rings. The number of hydrogen-bond acceptors (Lipinski definition) is 3. The fraction of sp³-hybridized carbons (Fsp3) is 0.0667. The van der Waals surface area contributed by atoms with Crippen LogP contribution in [-0.4, -0.2) is 5.91 Å². The molecule has 0 aliphatic carbocycles. The van der Waals surface area contributed by atoms with Crippen molar-refractivity contribution in [3.63, 3.8) is 0 Å². The standard InChI is InChI=1S/C15H11NO2S/c1-9(17)16-10-6-7-12-14(8-10)19-13-5-3-2-4-11(13)15(12)18/h2-8H,1H3,(H,16,17). The van der Waals surface area contributed by atoms with Gasteiger partial charge in [0, 0.05) is 32.8 Å². The summed E-state index contributed by atoms with van der Waals surface area (Å²) in [7, 11) is 0. The van der Waals surface area contributed by atoms with Crippen LogP contribution in [-0.2, 0) is 4.79 Å². The number of nitrogens with one attached hydrogen (secondary N) is 1. The SMILES string of the molecule is CC(=O)Nc1ccc2c(=O)c3ccccc3sc2c1. The summed E-state index contributed by atoms with van der Waals surface area (Å²) in [6.45, 7) is 1.47. The Hall–Kier alpha value is -2.20. The molecular weight excluding hydrogens is 258 g/mol. The maximum atomic E-state index is 12.3. The smallest absolute Gasteiger partial charge is 0.221 e.